The van der Waals surface area contributed by atoms with Crippen molar-refractivity contribution in [3.05, 3.63) is 35.9 Å². The van der Waals surface area contributed by atoms with Crippen LogP contribution >= 0.6 is 12.2 Å². The zero-order valence-corrected chi connectivity index (χ0v) is 13.0. The molecule has 1 aromatic rings. The standard InChI is InChI=1S/C17H25NS/c1-18(2)17-11-7-6-10-15(17)13-16(19)12-14-8-4-3-5-9-14/h3-5,8-9,15,17H,6-7,10-13H2,1-2H3/t15-,17+/m1/s1. The SMILES string of the molecule is CN(C)[C@H]1CCCC[C@@H]1CC(=S)Cc1ccccc1. The third kappa shape index (κ3) is 4.39. The van der Waals surface area contributed by atoms with Crippen molar-refractivity contribution in [3.8, 4) is 0 Å². The minimum absolute atomic E-state index is 0.725. The molecule has 1 aliphatic rings. The summed E-state index contributed by atoms with van der Waals surface area (Å²) in [6, 6.07) is 11.3. The van der Waals surface area contributed by atoms with E-state index < -0.39 is 0 Å². The predicted molar refractivity (Wildman–Crippen MR) is 86.8 cm³/mol. The summed E-state index contributed by atoms with van der Waals surface area (Å²) in [5, 5.41) is 0. The van der Waals surface area contributed by atoms with Gasteiger partial charge < -0.3 is 4.90 Å². The Morgan fingerprint density at radius 1 is 1.16 bits per heavy atom. The summed E-state index contributed by atoms with van der Waals surface area (Å²) in [6.45, 7) is 0. The van der Waals surface area contributed by atoms with Crippen molar-refractivity contribution >= 4 is 17.1 Å². The van der Waals surface area contributed by atoms with Crippen molar-refractivity contribution in [1.29, 1.82) is 0 Å². The van der Waals surface area contributed by atoms with Gasteiger partial charge in [0.05, 0.1) is 0 Å². The summed E-state index contributed by atoms with van der Waals surface area (Å²) in [4.78, 5) is 3.62. The van der Waals surface area contributed by atoms with Gasteiger partial charge in [-0.05, 0) is 49.7 Å². The Kier molecular flexibility index (Phi) is 5.53. The summed E-state index contributed by atoms with van der Waals surface area (Å²) in [7, 11) is 4.42. The molecule has 104 valence electrons. The topological polar surface area (TPSA) is 3.24 Å². The van der Waals surface area contributed by atoms with E-state index in [1.165, 1.54) is 36.1 Å². The molecular weight excluding hydrogens is 250 g/mol. The predicted octanol–water partition coefficient (Wildman–Crippen LogP) is 4.11. The van der Waals surface area contributed by atoms with Crippen LogP contribution in [0.25, 0.3) is 0 Å². The minimum atomic E-state index is 0.725. The highest BCUT2D eigenvalue weighted by Crippen LogP contribution is 2.30. The van der Waals surface area contributed by atoms with Crippen LogP contribution < -0.4 is 0 Å². The average molecular weight is 275 g/mol. The third-order valence-corrected chi connectivity index (χ3v) is 4.58. The quantitative estimate of drug-likeness (QED) is 0.744. The molecule has 1 nitrogen and oxygen atoms in total. The van der Waals surface area contributed by atoms with Crippen molar-refractivity contribution in [2.24, 2.45) is 5.92 Å². The van der Waals surface area contributed by atoms with E-state index >= 15 is 0 Å². The number of hydrogen-bond acceptors (Lipinski definition) is 2. The molecule has 1 aromatic carbocycles. The third-order valence-electron chi connectivity index (χ3n) is 4.27. The second kappa shape index (κ2) is 7.16. The van der Waals surface area contributed by atoms with Gasteiger partial charge in [0, 0.05) is 12.5 Å². The lowest BCUT2D eigenvalue weighted by Gasteiger charge is -2.36. The van der Waals surface area contributed by atoms with E-state index in [4.69, 9.17) is 12.2 Å². The maximum Gasteiger partial charge on any atom is 0.0121 e. The van der Waals surface area contributed by atoms with Gasteiger partial charge in [-0.25, -0.2) is 0 Å². The first-order valence-electron chi connectivity index (χ1n) is 7.39. The Balaban J connectivity index is 1.90. The fourth-order valence-electron chi connectivity index (χ4n) is 3.29. The molecule has 1 saturated carbocycles. The molecule has 19 heavy (non-hydrogen) atoms. The van der Waals surface area contributed by atoms with Gasteiger partial charge in [0.1, 0.15) is 0 Å². The first-order valence-corrected chi connectivity index (χ1v) is 7.79. The van der Waals surface area contributed by atoms with Gasteiger partial charge in [-0.1, -0.05) is 55.4 Å². The van der Waals surface area contributed by atoms with E-state index in [-0.39, 0.29) is 0 Å². The van der Waals surface area contributed by atoms with Crippen LogP contribution in [0.1, 0.15) is 37.7 Å². The van der Waals surface area contributed by atoms with Gasteiger partial charge in [-0.2, -0.15) is 0 Å². The van der Waals surface area contributed by atoms with Crippen molar-refractivity contribution < 1.29 is 0 Å². The molecule has 0 saturated heterocycles. The van der Waals surface area contributed by atoms with Crippen LogP contribution in [-0.2, 0) is 6.42 Å². The van der Waals surface area contributed by atoms with Gasteiger partial charge in [-0.15, -0.1) is 0 Å². The summed E-state index contributed by atoms with van der Waals surface area (Å²) < 4.78 is 0. The van der Waals surface area contributed by atoms with Crippen molar-refractivity contribution in [1.82, 2.24) is 4.90 Å². The molecule has 2 atom stereocenters. The molecule has 0 radical (unpaired) electrons. The Labute approximate surface area is 123 Å². The molecule has 0 heterocycles. The van der Waals surface area contributed by atoms with Gasteiger partial charge in [0.2, 0.25) is 0 Å². The maximum atomic E-state index is 5.64. The lowest BCUT2D eigenvalue weighted by atomic mass is 9.80. The molecule has 1 aliphatic carbocycles. The zero-order chi connectivity index (χ0) is 13.7. The van der Waals surface area contributed by atoms with Crippen LogP contribution in [0, 0.1) is 5.92 Å². The van der Waals surface area contributed by atoms with Crippen LogP contribution in [0.2, 0.25) is 0 Å². The van der Waals surface area contributed by atoms with E-state index in [9.17, 15) is 0 Å². The first kappa shape index (κ1) is 14.7. The van der Waals surface area contributed by atoms with E-state index in [0.717, 1.165) is 24.8 Å². The van der Waals surface area contributed by atoms with Crippen molar-refractivity contribution in [2.75, 3.05) is 14.1 Å². The summed E-state index contributed by atoms with van der Waals surface area (Å²) in [5.41, 5.74) is 1.35. The molecule has 2 rings (SSSR count). The highest BCUT2D eigenvalue weighted by molar-refractivity contribution is 7.80. The van der Waals surface area contributed by atoms with E-state index in [1.807, 2.05) is 0 Å². The molecule has 0 bridgehead atoms. The van der Waals surface area contributed by atoms with Gasteiger partial charge in [0.15, 0.2) is 0 Å². The average Bonchev–Trinajstić information content (AvgIpc) is 2.40. The summed E-state index contributed by atoms with van der Waals surface area (Å²) in [5.74, 6) is 0.764. The molecule has 0 aliphatic heterocycles. The fraction of sp³-hybridized carbons (Fsp3) is 0.588. The van der Waals surface area contributed by atoms with Crippen molar-refractivity contribution in [3.63, 3.8) is 0 Å². The van der Waals surface area contributed by atoms with Gasteiger partial charge in [0.25, 0.3) is 0 Å². The zero-order valence-electron chi connectivity index (χ0n) is 12.1. The Bertz CT molecular complexity index is 399. The Hall–Kier alpha value is -0.730. The van der Waals surface area contributed by atoms with Gasteiger partial charge >= 0.3 is 0 Å². The number of hydrogen-bond donors (Lipinski definition) is 0. The molecule has 0 spiro atoms. The molecular formula is C17H25NS. The van der Waals surface area contributed by atoms with Crippen LogP contribution in [0.5, 0.6) is 0 Å². The lowest BCUT2D eigenvalue weighted by molar-refractivity contribution is 0.160. The monoisotopic (exact) mass is 275 g/mol. The van der Waals surface area contributed by atoms with E-state index in [2.05, 4.69) is 49.3 Å². The normalized spacial score (nSPS) is 23.5. The fourth-order valence-corrected chi connectivity index (χ4v) is 3.67. The van der Waals surface area contributed by atoms with E-state index in [1.54, 1.807) is 0 Å². The highest BCUT2D eigenvalue weighted by Gasteiger charge is 2.27. The molecule has 2 heteroatoms. The van der Waals surface area contributed by atoms with Crippen LogP contribution in [0.4, 0.5) is 0 Å². The Morgan fingerprint density at radius 3 is 2.53 bits per heavy atom. The second-order valence-corrected chi connectivity index (χ2v) is 6.56. The number of thiocarbonyl (C=S) groups is 1. The van der Waals surface area contributed by atoms with Crippen molar-refractivity contribution in [2.45, 2.75) is 44.6 Å². The van der Waals surface area contributed by atoms with Crippen LogP contribution in [0.15, 0.2) is 30.3 Å². The summed E-state index contributed by atoms with van der Waals surface area (Å²) in [6.07, 6.45) is 7.52. The second-order valence-electron chi connectivity index (χ2n) is 5.98. The molecule has 0 N–H and O–H groups in total. The van der Waals surface area contributed by atoms with Crippen LogP contribution in [-0.4, -0.2) is 29.9 Å². The maximum absolute atomic E-state index is 5.64. The highest BCUT2D eigenvalue weighted by atomic mass is 32.1. The Morgan fingerprint density at radius 2 is 1.84 bits per heavy atom. The first-order chi connectivity index (χ1) is 9.16. The molecule has 1 fully saturated rings. The lowest BCUT2D eigenvalue weighted by Crippen LogP contribution is -2.38. The molecule has 0 amide bonds. The largest absolute Gasteiger partial charge is 0.306 e. The number of benzene rings is 1. The number of nitrogens with zero attached hydrogens (tertiary/aromatic N) is 1. The number of rotatable bonds is 5. The molecule has 0 unspecified atom stereocenters. The van der Waals surface area contributed by atoms with Crippen LogP contribution in [0.3, 0.4) is 0 Å². The minimum Gasteiger partial charge on any atom is -0.306 e. The smallest absolute Gasteiger partial charge is 0.0121 e. The molecule has 0 aromatic heterocycles. The van der Waals surface area contributed by atoms with E-state index in [0.29, 0.717) is 0 Å². The summed E-state index contributed by atoms with van der Waals surface area (Å²) >= 11 is 5.64. The van der Waals surface area contributed by atoms with Gasteiger partial charge in [-0.3, -0.25) is 0 Å².